The molecule has 0 heterocycles. The van der Waals surface area contributed by atoms with E-state index < -0.39 is 27.5 Å². The summed E-state index contributed by atoms with van der Waals surface area (Å²) < 4.78 is 40.3. The molecule has 0 rings (SSSR count). The number of unbranched alkanes of at least 4 members (excludes halogenated alkanes) is 11. The molecule has 0 aliphatic rings. The smallest absolute Gasteiger partial charge is 0.332 e. The minimum Gasteiger partial charge on any atom is -0.463 e. The Bertz CT molecular complexity index is 570. The van der Waals surface area contributed by atoms with Gasteiger partial charge >= 0.3 is 22.1 Å². The molecule has 0 aromatic heterocycles. The van der Waals surface area contributed by atoms with Gasteiger partial charge in [0.15, 0.2) is 0 Å². The van der Waals surface area contributed by atoms with Crippen LogP contribution in [0.4, 0.5) is 0 Å². The molecular weight excluding hydrogens is 396 g/mol. The van der Waals surface area contributed by atoms with Gasteiger partial charge in [0, 0.05) is 12.2 Å². The van der Waals surface area contributed by atoms with Crippen molar-refractivity contribution in [2.75, 3.05) is 6.61 Å². The SMILES string of the molecule is CCCCCCCCCCCCCCOC(=O)C=CC(=O)OC(CC)S(=O)(=O)O. The standard InChI is InChI=1S/C21H38O7S/c1-3-5-6-7-8-9-10-11-12-13-14-15-18-27-19(22)16-17-20(23)28-21(4-2)29(24,25)26/h16-17,21H,3-15,18H2,1-2H3,(H,24,25,26). The molecule has 0 fully saturated rings. The summed E-state index contributed by atoms with van der Waals surface area (Å²) in [5.41, 5.74) is -1.64. The van der Waals surface area contributed by atoms with Crippen molar-refractivity contribution in [1.82, 2.24) is 0 Å². The number of esters is 2. The first kappa shape index (κ1) is 27.6. The Morgan fingerprint density at radius 2 is 1.24 bits per heavy atom. The summed E-state index contributed by atoms with van der Waals surface area (Å²) in [6, 6.07) is 0. The summed E-state index contributed by atoms with van der Waals surface area (Å²) in [4.78, 5) is 23.0. The summed E-state index contributed by atoms with van der Waals surface area (Å²) in [7, 11) is -4.48. The summed E-state index contributed by atoms with van der Waals surface area (Å²) in [5.74, 6) is -1.72. The van der Waals surface area contributed by atoms with Crippen LogP contribution >= 0.6 is 0 Å². The molecule has 0 amide bonds. The van der Waals surface area contributed by atoms with Gasteiger partial charge in [-0.15, -0.1) is 0 Å². The molecule has 0 saturated heterocycles. The van der Waals surface area contributed by atoms with Crippen molar-refractivity contribution >= 4 is 22.1 Å². The molecule has 0 aromatic carbocycles. The van der Waals surface area contributed by atoms with Crippen molar-refractivity contribution in [1.29, 1.82) is 0 Å². The molecule has 0 bridgehead atoms. The Kier molecular flexibility index (Phi) is 16.6. The van der Waals surface area contributed by atoms with Gasteiger partial charge in [-0.05, 0) is 12.8 Å². The van der Waals surface area contributed by atoms with Crippen molar-refractivity contribution in [2.45, 2.75) is 103 Å². The van der Waals surface area contributed by atoms with Crippen LogP contribution in [0.1, 0.15) is 97.3 Å². The molecule has 1 N–H and O–H groups in total. The first-order valence-electron chi connectivity index (χ1n) is 10.8. The fraction of sp³-hybridized carbons (Fsp3) is 0.810. The Balaban J connectivity index is 3.65. The van der Waals surface area contributed by atoms with Gasteiger partial charge in [0.1, 0.15) is 0 Å². The maximum absolute atomic E-state index is 11.5. The van der Waals surface area contributed by atoms with E-state index in [0.29, 0.717) is 0 Å². The molecule has 0 radical (unpaired) electrons. The molecule has 0 aliphatic carbocycles. The van der Waals surface area contributed by atoms with E-state index in [2.05, 4.69) is 11.7 Å². The summed E-state index contributed by atoms with van der Waals surface area (Å²) >= 11 is 0. The van der Waals surface area contributed by atoms with Crippen LogP contribution in [0, 0.1) is 0 Å². The topological polar surface area (TPSA) is 107 Å². The van der Waals surface area contributed by atoms with Crippen molar-refractivity contribution in [3.8, 4) is 0 Å². The zero-order valence-electron chi connectivity index (χ0n) is 17.9. The van der Waals surface area contributed by atoms with Crippen molar-refractivity contribution in [2.24, 2.45) is 0 Å². The van der Waals surface area contributed by atoms with Crippen LogP contribution < -0.4 is 0 Å². The monoisotopic (exact) mass is 434 g/mol. The van der Waals surface area contributed by atoms with Gasteiger partial charge in [-0.1, -0.05) is 84.5 Å². The quantitative estimate of drug-likeness (QED) is 0.141. The summed E-state index contributed by atoms with van der Waals surface area (Å²) in [6.45, 7) is 3.95. The Morgan fingerprint density at radius 1 is 0.793 bits per heavy atom. The largest absolute Gasteiger partial charge is 0.463 e. The van der Waals surface area contributed by atoms with Crippen LogP contribution in [0.25, 0.3) is 0 Å². The normalized spacial score (nSPS) is 12.8. The lowest BCUT2D eigenvalue weighted by Crippen LogP contribution is -2.25. The molecule has 1 unspecified atom stereocenters. The molecule has 0 saturated carbocycles. The van der Waals surface area contributed by atoms with Crippen LogP contribution in [0.5, 0.6) is 0 Å². The minimum atomic E-state index is -4.48. The summed E-state index contributed by atoms with van der Waals surface area (Å²) in [5, 5.41) is 0. The molecule has 0 aromatic rings. The number of carbonyl (C=O) groups excluding carboxylic acids is 2. The lowest BCUT2D eigenvalue weighted by atomic mass is 10.1. The number of rotatable bonds is 18. The first-order valence-corrected chi connectivity index (χ1v) is 12.3. The van der Waals surface area contributed by atoms with E-state index in [1.165, 1.54) is 64.7 Å². The van der Waals surface area contributed by atoms with E-state index in [1.807, 2.05) is 0 Å². The van der Waals surface area contributed by atoms with Gasteiger partial charge in [-0.3, -0.25) is 4.55 Å². The van der Waals surface area contributed by atoms with Gasteiger partial charge in [0.25, 0.3) is 0 Å². The van der Waals surface area contributed by atoms with E-state index in [4.69, 9.17) is 9.29 Å². The highest BCUT2D eigenvalue weighted by atomic mass is 32.2. The Labute approximate surface area is 176 Å². The zero-order valence-corrected chi connectivity index (χ0v) is 18.8. The zero-order chi connectivity index (χ0) is 22.0. The molecule has 0 aliphatic heterocycles. The van der Waals surface area contributed by atoms with Crippen molar-refractivity contribution < 1.29 is 32.0 Å². The predicted octanol–water partition coefficient (Wildman–Crippen LogP) is 4.95. The second-order valence-corrected chi connectivity index (χ2v) is 8.74. The van der Waals surface area contributed by atoms with E-state index in [1.54, 1.807) is 0 Å². The summed E-state index contributed by atoms with van der Waals surface area (Å²) in [6.07, 6.45) is 16.2. The third kappa shape index (κ3) is 17.2. The maximum Gasteiger partial charge on any atom is 0.332 e. The number of hydrogen-bond acceptors (Lipinski definition) is 6. The third-order valence-corrected chi connectivity index (χ3v) is 5.60. The van der Waals surface area contributed by atoms with E-state index in [-0.39, 0.29) is 13.0 Å². The van der Waals surface area contributed by atoms with Crippen molar-refractivity contribution in [3.05, 3.63) is 12.2 Å². The average Bonchev–Trinajstić information content (AvgIpc) is 2.67. The minimum absolute atomic E-state index is 0.0954. The van der Waals surface area contributed by atoms with Crippen LogP contribution in [-0.4, -0.2) is 37.0 Å². The number of hydrogen-bond donors (Lipinski definition) is 1. The van der Waals surface area contributed by atoms with Crippen molar-refractivity contribution in [3.63, 3.8) is 0 Å². The molecule has 0 spiro atoms. The molecular formula is C21H38O7S. The van der Waals surface area contributed by atoms with Crippen LogP contribution in [0.2, 0.25) is 0 Å². The Hall–Kier alpha value is -1.41. The molecule has 8 heteroatoms. The first-order chi connectivity index (χ1) is 13.8. The highest BCUT2D eigenvalue weighted by Gasteiger charge is 2.24. The van der Waals surface area contributed by atoms with Crippen LogP contribution in [-0.2, 0) is 29.2 Å². The second-order valence-electron chi connectivity index (χ2n) is 7.18. The average molecular weight is 435 g/mol. The highest BCUT2D eigenvalue weighted by Crippen LogP contribution is 2.12. The lowest BCUT2D eigenvalue weighted by molar-refractivity contribution is -0.141. The van der Waals surface area contributed by atoms with E-state index >= 15 is 0 Å². The highest BCUT2D eigenvalue weighted by molar-refractivity contribution is 7.86. The van der Waals surface area contributed by atoms with E-state index in [0.717, 1.165) is 31.4 Å². The molecule has 29 heavy (non-hydrogen) atoms. The Morgan fingerprint density at radius 3 is 1.69 bits per heavy atom. The van der Waals surface area contributed by atoms with Gasteiger partial charge in [-0.25, -0.2) is 9.59 Å². The van der Waals surface area contributed by atoms with Crippen LogP contribution in [0.15, 0.2) is 12.2 Å². The maximum atomic E-state index is 11.5. The second kappa shape index (κ2) is 17.4. The third-order valence-electron chi connectivity index (χ3n) is 4.51. The molecule has 1 atom stereocenters. The fourth-order valence-electron chi connectivity index (χ4n) is 2.82. The fourth-order valence-corrected chi connectivity index (χ4v) is 3.46. The van der Waals surface area contributed by atoms with Gasteiger partial charge in [0.05, 0.1) is 6.61 Å². The van der Waals surface area contributed by atoms with Crippen LogP contribution in [0.3, 0.4) is 0 Å². The van der Waals surface area contributed by atoms with Gasteiger partial charge in [-0.2, -0.15) is 8.42 Å². The molecule has 170 valence electrons. The van der Waals surface area contributed by atoms with Gasteiger partial charge < -0.3 is 9.47 Å². The predicted molar refractivity (Wildman–Crippen MR) is 113 cm³/mol. The number of ether oxygens (including phenoxy) is 2. The molecule has 7 nitrogen and oxygen atoms in total. The van der Waals surface area contributed by atoms with Gasteiger partial charge in [0.2, 0.25) is 5.44 Å². The van der Waals surface area contributed by atoms with E-state index in [9.17, 15) is 18.0 Å². The lowest BCUT2D eigenvalue weighted by Gasteiger charge is -2.10. The number of carbonyl (C=O) groups is 2.